The molecule has 0 heterocycles. The SMILES string of the molecule is CC(C)NCCC(C)(C)Cc1cccc(Cl)c1Cl. The molecule has 0 aliphatic rings. The largest absolute Gasteiger partial charge is 0.315 e. The smallest absolute Gasteiger partial charge is 0.0624 e. The molecule has 0 radical (unpaired) electrons. The van der Waals surface area contributed by atoms with E-state index in [1.807, 2.05) is 12.1 Å². The molecule has 1 aromatic carbocycles. The van der Waals surface area contributed by atoms with Gasteiger partial charge in [0.05, 0.1) is 10.0 Å². The average molecular weight is 288 g/mol. The average Bonchev–Trinajstić information content (AvgIpc) is 2.23. The van der Waals surface area contributed by atoms with Crippen LogP contribution in [0.5, 0.6) is 0 Å². The molecule has 0 atom stereocenters. The third-order valence-electron chi connectivity index (χ3n) is 3.05. The van der Waals surface area contributed by atoms with Gasteiger partial charge in [-0.25, -0.2) is 0 Å². The van der Waals surface area contributed by atoms with Gasteiger partial charge < -0.3 is 5.32 Å². The van der Waals surface area contributed by atoms with Crippen molar-refractivity contribution in [3.8, 4) is 0 Å². The molecule has 102 valence electrons. The lowest BCUT2D eigenvalue weighted by molar-refractivity contribution is 0.320. The fraction of sp³-hybridized carbons (Fsp3) is 0.600. The first-order valence-corrected chi connectivity index (χ1v) is 7.24. The molecule has 1 nitrogen and oxygen atoms in total. The molecule has 1 rings (SSSR count). The molecular weight excluding hydrogens is 265 g/mol. The highest BCUT2D eigenvalue weighted by atomic mass is 35.5. The first kappa shape index (κ1) is 15.8. The monoisotopic (exact) mass is 287 g/mol. The van der Waals surface area contributed by atoms with Crippen LogP contribution in [-0.4, -0.2) is 12.6 Å². The summed E-state index contributed by atoms with van der Waals surface area (Å²) in [6.07, 6.45) is 2.07. The van der Waals surface area contributed by atoms with E-state index in [1.165, 1.54) is 0 Å². The Bertz CT molecular complexity index is 386. The summed E-state index contributed by atoms with van der Waals surface area (Å²) in [6, 6.07) is 6.40. The van der Waals surface area contributed by atoms with Crippen molar-refractivity contribution in [2.45, 2.75) is 46.6 Å². The number of hydrogen-bond donors (Lipinski definition) is 1. The van der Waals surface area contributed by atoms with Crippen molar-refractivity contribution < 1.29 is 0 Å². The third-order valence-corrected chi connectivity index (χ3v) is 3.91. The van der Waals surface area contributed by atoms with Crippen LogP contribution < -0.4 is 5.32 Å². The molecular formula is C15H23Cl2N. The summed E-state index contributed by atoms with van der Waals surface area (Å²) in [5, 5.41) is 4.80. The van der Waals surface area contributed by atoms with Crippen molar-refractivity contribution in [1.82, 2.24) is 5.32 Å². The van der Waals surface area contributed by atoms with E-state index >= 15 is 0 Å². The normalized spacial score (nSPS) is 12.2. The highest BCUT2D eigenvalue weighted by Gasteiger charge is 2.20. The molecule has 0 aliphatic carbocycles. The Balaban J connectivity index is 2.61. The summed E-state index contributed by atoms with van der Waals surface area (Å²) in [7, 11) is 0. The predicted octanol–water partition coefficient (Wildman–Crippen LogP) is 4.95. The number of nitrogens with one attached hydrogen (secondary N) is 1. The Labute approximate surface area is 121 Å². The van der Waals surface area contributed by atoms with Gasteiger partial charge in [0.2, 0.25) is 0 Å². The van der Waals surface area contributed by atoms with Crippen LogP contribution in [0.25, 0.3) is 0 Å². The minimum atomic E-state index is 0.218. The van der Waals surface area contributed by atoms with Crippen LogP contribution in [0.15, 0.2) is 18.2 Å². The second-order valence-corrected chi connectivity index (χ2v) is 6.70. The van der Waals surface area contributed by atoms with E-state index in [9.17, 15) is 0 Å². The van der Waals surface area contributed by atoms with Gasteiger partial charge in [-0.05, 0) is 36.4 Å². The molecule has 0 fully saturated rings. The molecule has 1 N–H and O–H groups in total. The highest BCUT2D eigenvalue weighted by Crippen LogP contribution is 2.32. The molecule has 0 unspecified atom stereocenters. The van der Waals surface area contributed by atoms with Crippen LogP contribution >= 0.6 is 23.2 Å². The second kappa shape index (κ2) is 6.79. The van der Waals surface area contributed by atoms with Gasteiger partial charge in [0.1, 0.15) is 0 Å². The van der Waals surface area contributed by atoms with Gasteiger partial charge >= 0.3 is 0 Å². The minimum Gasteiger partial charge on any atom is -0.315 e. The van der Waals surface area contributed by atoms with Crippen LogP contribution in [0, 0.1) is 5.41 Å². The van der Waals surface area contributed by atoms with Crippen molar-refractivity contribution in [3.63, 3.8) is 0 Å². The summed E-state index contributed by atoms with van der Waals surface area (Å²) < 4.78 is 0. The van der Waals surface area contributed by atoms with Crippen LogP contribution in [-0.2, 0) is 6.42 Å². The molecule has 0 saturated carbocycles. The van der Waals surface area contributed by atoms with Gasteiger partial charge in [0.25, 0.3) is 0 Å². The van der Waals surface area contributed by atoms with Crippen molar-refractivity contribution in [3.05, 3.63) is 33.8 Å². The summed E-state index contributed by atoms with van der Waals surface area (Å²) in [6.45, 7) is 9.91. The fourth-order valence-electron chi connectivity index (χ4n) is 1.99. The Morgan fingerprint density at radius 2 is 1.89 bits per heavy atom. The lowest BCUT2D eigenvalue weighted by Crippen LogP contribution is -2.28. The Hall–Kier alpha value is -0.240. The van der Waals surface area contributed by atoms with Crippen LogP contribution in [0.4, 0.5) is 0 Å². The topological polar surface area (TPSA) is 12.0 Å². The van der Waals surface area contributed by atoms with Gasteiger partial charge in [-0.15, -0.1) is 0 Å². The third kappa shape index (κ3) is 5.17. The van der Waals surface area contributed by atoms with Gasteiger partial charge in [0.15, 0.2) is 0 Å². The number of rotatable bonds is 6. The van der Waals surface area contributed by atoms with Crippen molar-refractivity contribution in [2.75, 3.05) is 6.54 Å². The number of hydrogen-bond acceptors (Lipinski definition) is 1. The standard InChI is InChI=1S/C15H23Cl2N/c1-11(2)18-9-8-15(3,4)10-12-6-5-7-13(16)14(12)17/h5-7,11,18H,8-10H2,1-4H3. The lowest BCUT2D eigenvalue weighted by Gasteiger charge is -2.26. The minimum absolute atomic E-state index is 0.218. The molecule has 0 aliphatic heterocycles. The molecule has 0 aromatic heterocycles. The van der Waals surface area contributed by atoms with Crippen LogP contribution in [0.3, 0.4) is 0 Å². The quantitative estimate of drug-likeness (QED) is 0.781. The maximum Gasteiger partial charge on any atom is 0.0624 e. The van der Waals surface area contributed by atoms with E-state index < -0.39 is 0 Å². The van der Waals surface area contributed by atoms with Crippen LogP contribution in [0.1, 0.15) is 39.7 Å². The predicted molar refractivity (Wildman–Crippen MR) is 81.7 cm³/mol. The maximum absolute atomic E-state index is 6.24. The molecule has 1 aromatic rings. The number of halogens is 2. The fourth-order valence-corrected chi connectivity index (χ4v) is 2.38. The first-order chi connectivity index (χ1) is 8.32. The second-order valence-electron chi connectivity index (χ2n) is 5.91. The van der Waals surface area contributed by atoms with E-state index in [4.69, 9.17) is 23.2 Å². The highest BCUT2D eigenvalue weighted by molar-refractivity contribution is 6.42. The zero-order valence-electron chi connectivity index (χ0n) is 11.7. The summed E-state index contributed by atoms with van der Waals surface area (Å²) in [5.41, 5.74) is 1.36. The number of benzene rings is 1. The Morgan fingerprint density at radius 3 is 2.50 bits per heavy atom. The van der Waals surface area contributed by atoms with Crippen LogP contribution in [0.2, 0.25) is 10.0 Å². The molecule has 18 heavy (non-hydrogen) atoms. The Morgan fingerprint density at radius 1 is 1.22 bits per heavy atom. The van der Waals surface area contributed by atoms with Crippen molar-refractivity contribution in [1.29, 1.82) is 0 Å². The van der Waals surface area contributed by atoms with E-state index in [2.05, 4.69) is 39.1 Å². The van der Waals surface area contributed by atoms with Crippen molar-refractivity contribution >= 4 is 23.2 Å². The van der Waals surface area contributed by atoms with Gasteiger partial charge in [-0.1, -0.05) is 63.0 Å². The summed E-state index contributed by atoms with van der Waals surface area (Å²) in [5.74, 6) is 0. The summed E-state index contributed by atoms with van der Waals surface area (Å²) >= 11 is 12.3. The van der Waals surface area contributed by atoms with Gasteiger partial charge in [-0.3, -0.25) is 0 Å². The van der Waals surface area contributed by atoms with E-state index in [0.717, 1.165) is 24.9 Å². The van der Waals surface area contributed by atoms with Gasteiger partial charge in [-0.2, -0.15) is 0 Å². The molecule has 0 amide bonds. The maximum atomic E-state index is 6.24. The zero-order valence-corrected chi connectivity index (χ0v) is 13.2. The van der Waals surface area contributed by atoms with Crippen molar-refractivity contribution in [2.24, 2.45) is 5.41 Å². The molecule has 3 heteroatoms. The first-order valence-electron chi connectivity index (χ1n) is 6.48. The zero-order chi connectivity index (χ0) is 13.8. The van der Waals surface area contributed by atoms with E-state index in [-0.39, 0.29) is 5.41 Å². The summed E-state index contributed by atoms with van der Waals surface area (Å²) in [4.78, 5) is 0. The molecule has 0 bridgehead atoms. The van der Waals surface area contributed by atoms with E-state index in [1.54, 1.807) is 0 Å². The van der Waals surface area contributed by atoms with E-state index in [0.29, 0.717) is 16.1 Å². The molecule has 0 saturated heterocycles. The van der Waals surface area contributed by atoms with Gasteiger partial charge in [0, 0.05) is 6.04 Å². The molecule has 0 spiro atoms. The lowest BCUT2D eigenvalue weighted by atomic mass is 9.82. The Kier molecular flexibility index (Phi) is 5.97.